The van der Waals surface area contributed by atoms with Crippen LogP contribution in [0.3, 0.4) is 0 Å². The number of hydrogen-bond acceptors (Lipinski definition) is 5. The van der Waals surface area contributed by atoms with E-state index in [1.807, 2.05) is 6.07 Å². The third-order valence-electron chi connectivity index (χ3n) is 2.49. The molecule has 0 amide bonds. The molecule has 0 fully saturated rings. The predicted molar refractivity (Wildman–Crippen MR) is 75.0 cm³/mol. The summed E-state index contributed by atoms with van der Waals surface area (Å²) in [5, 5.41) is 6.48. The summed E-state index contributed by atoms with van der Waals surface area (Å²) in [5.74, 6) is 2.24. The van der Waals surface area contributed by atoms with Crippen molar-refractivity contribution in [3.05, 3.63) is 12.3 Å². The third kappa shape index (κ3) is 6.39. The highest BCUT2D eigenvalue weighted by molar-refractivity contribution is 5.39. The number of nitrogens with one attached hydrogen (secondary N) is 2. The highest BCUT2D eigenvalue weighted by Crippen LogP contribution is 2.07. The fourth-order valence-electron chi connectivity index (χ4n) is 1.45. The monoisotopic (exact) mass is 252 g/mol. The maximum absolute atomic E-state index is 4.99. The molecular formula is C13H24N4O. The minimum Gasteiger partial charge on any atom is -0.385 e. The maximum Gasteiger partial charge on any atom is 0.224 e. The van der Waals surface area contributed by atoms with Gasteiger partial charge in [-0.3, -0.25) is 0 Å². The van der Waals surface area contributed by atoms with Crippen molar-refractivity contribution < 1.29 is 4.74 Å². The predicted octanol–water partition coefficient (Wildman–Crippen LogP) is 2.38. The van der Waals surface area contributed by atoms with Crippen LogP contribution in [-0.2, 0) is 4.74 Å². The van der Waals surface area contributed by atoms with E-state index in [-0.39, 0.29) is 0 Å². The fourth-order valence-corrected chi connectivity index (χ4v) is 1.45. The highest BCUT2D eigenvalue weighted by atomic mass is 16.5. The average Bonchev–Trinajstić information content (AvgIpc) is 2.35. The Labute approximate surface area is 109 Å². The molecule has 0 bridgehead atoms. The van der Waals surface area contributed by atoms with Gasteiger partial charge in [-0.05, 0) is 24.8 Å². The van der Waals surface area contributed by atoms with Crippen molar-refractivity contribution >= 4 is 11.8 Å². The molecule has 0 saturated carbocycles. The molecule has 5 heteroatoms. The Morgan fingerprint density at radius 3 is 2.83 bits per heavy atom. The van der Waals surface area contributed by atoms with Gasteiger partial charge in [0.1, 0.15) is 5.82 Å². The Balaban J connectivity index is 2.32. The van der Waals surface area contributed by atoms with Crippen LogP contribution in [0.4, 0.5) is 11.8 Å². The van der Waals surface area contributed by atoms with Gasteiger partial charge in [-0.2, -0.15) is 4.98 Å². The number of ether oxygens (including phenoxy) is 1. The molecule has 0 radical (unpaired) electrons. The van der Waals surface area contributed by atoms with Gasteiger partial charge in [0.05, 0.1) is 0 Å². The van der Waals surface area contributed by atoms with Crippen molar-refractivity contribution in [2.24, 2.45) is 5.92 Å². The summed E-state index contributed by atoms with van der Waals surface area (Å²) in [6, 6.07) is 1.89. The van der Waals surface area contributed by atoms with Crippen LogP contribution in [0.25, 0.3) is 0 Å². The zero-order valence-corrected chi connectivity index (χ0v) is 11.6. The molecule has 102 valence electrons. The molecule has 0 atom stereocenters. The minimum atomic E-state index is 0.667. The van der Waals surface area contributed by atoms with Crippen molar-refractivity contribution in [3.8, 4) is 0 Å². The standard InChI is InChI=1S/C13H24N4O/c1-11(2)5-8-14-12-6-9-16-13(17-12)15-7-4-10-18-3/h6,9,11H,4-5,7-8,10H2,1-3H3,(H2,14,15,16,17). The van der Waals surface area contributed by atoms with Crippen molar-refractivity contribution in [3.63, 3.8) is 0 Å². The van der Waals surface area contributed by atoms with Crippen LogP contribution in [0.5, 0.6) is 0 Å². The Morgan fingerprint density at radius 1 is 1.28 bits per heavy atom. The molecule has 18 heavy (non-hydrogen) atoms. The van der Waals surface area contributed by atoms with Crippen LogP contribution in [0.1, 0.15) is 26.7 Å². The molecule has 0 aliphatic carbocycles. The summed E-state index contributed by atoms with van der Waals surface area (Å²) in [6.07, 6.45) is 3.86. The first-order chi connectivity index (χ1) is 8.72. The largest absolute Gasteiger partial charge is 0.385 e. The van der Waals surface area contributed by atoms with E-state index in [9.17, 15) is 0 Å². The highest BCUT2D eigenvalue weighted by Gasteiger charge is 1.99. The summed E-state index contributed by atoms with van der Waals surface area (Å²) < 4.78 is 4.99. The molecule has 0 aliphatic rings. The van der Waals surface area contributed by atoms with Gasteiger partial charge in [0.25, 0.3) is 0 Å². The average molecular weight is 252 g/mol. The first-order valence-corrected chi connectivity index (χ1v) is 6.52. The molecule has 1 aromatic heterocycles. The zero-order valence-electron chi connectivity index (χ0n) is 11.6. The lowest BCUT2D eigenvalue weighted by Crippen LogP contribution is -2.10. The molecule has 0 unspecified atom stereocenters. The van der Waals surface area contributed by atoms with E-state index < -0.39 is 0 Å². The number of nitrogens with zero attached hydrogens (tertiary/aromatic N) is 2. The molecule has 0 saturated heterocycles. The molecule has 0 aromatic carbocycles. The summed E-state index contributed by atoms with van der Waals surface area (Å²) in [5.41, 5.74) is 0. The molecule has 5 nitrogen and oxygen atoms in total. The van der Waals surface area contributed by atoms with Crippen LogP contribution in [0, 0.1) is 5.92 Å². The van der Waals surface area contributed by atoms with Gasteiger partial charge in [0.15, 0.2) is 0 Å². The first-order valence-electron chi connectivity index (χ1n) is 6.52. The maximum atomic E-state index is 4.99. The van der Waals surface area contributed by atoms with E-state index in [0.717, 1.165) is 38.4 Å². The quantitative estimate of drug-likeness (QED) is 0.661. The summed E-state index contributed by atoms with van der Waals surface area (Å²) in [7, 11) is 1.70. The van der Waals surface area contributed by atoms with Crippen molar-refractivity contribution in [2.75, 3.05) is 37.4 Å². The Hall–Kier alpha value is -1.36. The third-order valence-corrected chi connectivity index (χ3v) is 2.49. The Kier molecular flexibility index (Phi) is 7.10. The van der Waals surface area contributed by atoms with Gasteiger partial charge < -0.3 is 15.4 Å². The Morgan fingerprint density at radius 2 is 2.11 bits per heavy atom. The van der Waals surface area contributed by atoms with Gasteiger partial charge in [-0.25, -0.2) is 4.98 Å². The smallest absolute Gasteiger partial charge is 0.224 e. The zero-order chi connectivity index (χ0) is 13.2. The second-order valence-corrected chi connectivity index (χ2v) is 4.65. The van der Waals surface area contributed by atoms with Crippen LogP contribution < -0.4 is 10.6 Å². The number of aromatic nitrogens is 2. The molecule has 1 heterocycles. The fraction of sp³-hybridized carbons (Fsp3) is 0.692. The molecule has 0 aliphatic heterocycles. The van der Waals surface area contributed by atoms with Crippen LogP contribution >= 0.6 is 0 Å². The van der Waals surface area contributed by atoms with Gasteiger partial charge in [-0.1, -0.05) is 13.8 Å². The lowest BCUT2D eigenvalue weighted by molar-refractivity contribution is 0.197. The molecular weight excluding hydrogens is 228 g/mol. The molecule has 0 spiro atoms. The van der Waals surface area contributed by atoms with Crippen LogP contribution in [0.15, 0.2) is 12.3 Å². The van der Waals surface area contributed by atoms with Gasteiger partial charge in [0, 0.05) is 33.0 Å². The summed E-state index contributed by atoms with van der Waals surface area (Å²) in [6.45, 7) is 6.94. The second-order valence-electron chi connectivity index (χ2n) is 4.65. The number of anilines is 2. The second kappa shape index (κ2) is 8.69. The lowest BCUT2D eigenvalue weighted by Gasteiger charge is -2.09. The molecule has 2 N–H and O–H groups in total. The van der Waals surface area contributed by atoms with E-state index in [2.05, 4.69) is 34.4 Å². The topological polar surface area (TPSA) is 59.1 Å². The normalized spacial score (nSPS) is 10.7. The SMILES string of the molecule is COCCCNc1nccc(NCCC(C)C)n1. The number of rotatable bonds is 9. The van der Waals surface area contributed by atoms with E-state index in [1.54, 1.807) is 13.3 Å². The minimum absolute atomic E-state index is 0.667. The summed E-state index contributed by atoms with van der Waals surface area (Å²) >= 11 is 0. The van der Waals surface area contributed by atoms with E-state index in [1.165, 1.54) is 0 Å². The first kappa shape index (κ1) is 14.7. The van der Waals surface area contributed by atoms with E-state index in [0.29, 0.717) is 11.9 Å². The number of methoxy groups -OCH3 is 1. The summed E-state index contributed by atoms with van der Waals surface area (Å²) in [4.78, 5) is 8.57. The van der Waals surface area contributed by atoms with Crippen molar-refractivity contribution in [2.45, 2.75) is 26.7 Å². The van der Waals surface area contributed by atoms with Crippen molar-refractivity contribution in [1.82, 2.24) is 9.97 Å². The Bertz CT molecular complexity index is 331. The molecule has 1 aromatic rings. The van der Waals surface area contributed by atoms with Gasteiger partial charge in [0.2, 0.25) is 5.95 Å². The van der Waals surface area contributed by atoms with Gasteiger partial charge in [-0.15, -0.1) is 0 Å². The van der Waals surface area contributed by atoms with E-state index >= 15 is 0 Å². The number of hydrogen-bond donors (Lipinski definition) is 2. The van der Waals surface area contributed by atoms with E-state index in [4.69, 9.17) is 4.74 Å². The van der Waals surface area contributed by atoms with Crippen LogP contribution in [0.2, 0.25) is 0 Å². The van der Waals surface area contributed by atoms with Gasteiger partial charge >= 0.3 is 0 Å². The molecule has 1 rings (SSSR count). The van der Waals surface area contributed by atoms with Crippen molar-refractivity contribution in [1.29, 1.82) is 0 Å². The van der Waals surface area contributed by atoms with Crippen LogP contribution in [-0.4, -0.2) is 36.8 Å². The lowest BCUT2D eigenvalue weighted by atomic mass is 10.1.